The predicted octanol–water partition coefficient (Wildman–Crippen LogP) is 2.62. The van der Waals surface area contributed by atoms with E-state index in [2.05, 4.69) is 11.9 Å². The van der Waals surface area contributed by atoms with Gasteiger partial charge in [-0.3, -0.25) is 9.59 Å². The molecule has 5 heteroatoms. The number of rotatable bonds is 4. The van der Waals surface area contributed by atoms with Crippen molar-refractivity contribution in [2.75, 3.05) is 13.1 Å². The minimum atomic E-state index is -0.278. The third-order valence-corrected chi connectivity index (χ3v) is 4.03. The molecule has 1 heterocycles. The quantitative estimate of drug-likeness (QED) is 0.879. The topological polar surface area (TPSA) is 49.4 Å². The van der Waals surface area contributed by atoms with Crippen molar-refractivity contribution in [3.05, 3.63) is 72.6 Å². The van der Waals surface area contributed by atoms with Gasteiger partial charge in [-0.15, -0.1) is 0 Å². The zero-order valence-electron chi connectivity index (χ0n) is 13.0. The summed E-state index contributed by atoms with van der Waals surface area (Å²) in [5.41, 5.74) is 2.35. The molecule has 3 rings (SSSR count). The first-order valence-corrected chi connectivity index (χ1v) is 7.65. The lowest BCUT2D eigenvalue weighted by Gasteiger charge is -2.38. The molecular formula is C19H17FN2O2. The van der Waals surface area contributed by atoms with E-state index >= 15 is 0 Å². The summed E-state index contributed by atoms with van der Waals surface area (Å²) in [5.74, 6) is -0.570. The van der Waals surface area contributed by atoms with Crippen LogP contribution in [0.4, 0.5) is 4.39 Å². The van der Waals surface area contributed by atoms with Crippen LogP contribution in [0.25, 0.3) is 11.1 Å². The van der Waals surface area contributed by atoms with Crippen molar-refractivity contribution < 1.29 is 14.0 Å². The smallest absolute Gasteiger partial charge is 0.251 e. The van der Waals surface area contributed by atoms with Crippen LogP contribution in [0.3, 0.4) is 0 Å². The van der Waals surface area contributed by atoms with E-state index in [1.807, 2.05) is 12.1 Å². The van der Waals surface area contributed by atoms with Gasteiger partial charge in [0.25, 0.3) is 5.91 Å². The molecule has 1 aliphatic heterocycles. The van der Waals surface area contributed by atoms with Crippen LogP contribution in [0.2, 0.25) is 0 Å². The Hall–Kier alpha value is -2.95. The zero-order chi connectivity index (χ0) is 17.1. The molecule has 24 heavy (non-hydrogen) atoms. The molecule has 0 bridgehead atoms. The Kier molecular flexibility index (Phi) is 4.42. The second-order valence-electron chi connectivity index (χ2n) is 5.70. The molecule has 1 aliphatic rings. The van der Waals surface area contributed by atoms with Gasteiger partial charge in [0.2, 0.25) is 5.91 Å². The average molecular weight is 324 g/mol. The highest BCUT2D eigenvalue weighted by Crippen LogP contribution is 2.20. The number of hydrogen-bond acceptors (Lipinski definition) is 2. The van der Waals surface area contributed by atoms with Crippen LogP contribution in [0, 0.1) is 5.82 Å². The molecular weight excluding hydrogens is 307 g/mol. The molecule has 0 saturated carbocycles. The summed E-state index contributed by atoms with van der Waals surface area (Å²) in [5, 5.41) is 2.89. The number of benzene rings is 2. The van der Waals surface area contributed by atoms with Crippen molar-refractivity contribution in [3.8, 4) is 11.1 Å². The van der Waals surface area contributed by atoms with Crippen molar-refractivity contribution in [1.82, 2.24) is 10.2 Å². The van der Waals surface area contributed by atoms with E-state index in [0.717, 1.165) is 11.1 Å². The van der Waals surface area contributed by atoms with Crippen LogP contribution >= 0.6 is 0 Å². The number of halogens is 1. The van der Waals surface area contributed by atoms with E-state index in [1.54, 1.807) is 29.2 Å². The molecule has 0 spiro atoms. The molecule has 0 aromatic heterocycles. The molecule has 4 nitrogen and oxygen atoms in total. The Bertz CT molecular complexity index is 763. The molecule has 122 valence electrons. The van der Waals surface area contributed by atoms with Gasteiger partial charge in [0.1, 0.15) is 5.82 Å². The molecule has 1 saturated heterocycles. The van der Waals surface area contributed by atoms with Gasteiger partial charge in [0, 0.05) is 18.7 Å². The highest BCUT2D eigenvalue weighted by atomic mass is 19.1. The van der Waals surface area contributed by atoms with Gasteiger partial charge < -0.3 is 10.2 Å². The Morgan fingerprint density at radius 3 is 2.12 bits per heavy atom. The van der Waals surface area contributed by atoms with Crippen LogP contribution in [0.5, 0.6) is 0 Å². The number of likely N-dealkylation sites (tertiary alicyclic amines) is 1. The highest BCUT2D eigenvalue weighted by molar-refractivity contribution is 5.95. The fourth-order valence-electron chi connectivity index (χ4n) is 2.60. The Balaban J connectivity index is 1.59. The van der Waals surface area contributed by atoms with Gasteiger partial charge in [-0.25, -0.2) is 4.39 Å². The van der Waals surface area contributed by atoms with Crippen molar-refractivity contribution in [1.29, 1.82) is 0 Å². The summed E-state index contributed by atoms with van der Waals surface area (Å²) in [4.78, 5) is 25.2. The molecule has 1 N–H and O–H groups in total. The lowest BCUT2D eigenvalue weighted by atomic mass is 10.0. The number of amides is 2. The van der Waals surface area contributed by atoms with Crippen LogP contribution in [-0.2, 0) is 4.79 Å². The number of nitrogens with zero attached hydrogens (tertiary/aromatic N) is 1. The molecule has 0 atom stereocenters. The Morgan fingerprint density at radius 2 is 1.58 bits per heavy atom. The Labute approximate surface area is 139 Å². The monoisotopic (exact) mass is 324 g/mol. The van der Waals surface area contributed by atoms with E-state index < -0.39 is 0 Å². The number of hydrogen-bond donors (Lipinski definition) is 1. The second kappa shape index (κ2) is 6.66. The third kappa shape index (κ3) is 3.35. The van der Waals surface area contributed by atoms with E-state index in [9.17, 15) is 14.0 Å². The molecule has 2 amide bonds. The maximum absolute atomic E-state index is 13.0. The minimum Gasteiger partial charge on any atom is -0.346 e. The van der Waals surface area contributed by atoms with E-state index in [0.29, 0.717) is 18.7 Å². The van der Waals surface area contributed by atoms with Crippen molar-refractivity contribution in [3.63, 3.8) is 0 Å². The fourth-order valence-corrected chi connectivity index (χ4v) is 2.60. The number of nitrogens with one attached hydrogen (secondary N) is 1. The first kappa shape index (κ1) is 15.9. The summed E-state index contributed by atoms with van der Waals surface area (Å²) in [6.45, 7) is 4.44. The molecule has 1 fully saturated rings. The maximum atomic E-state index is 13.0. The van der Waals surface area contributed by atoms with Gasteiger partial charge in [0.15, 0.2) is 0 Å². The van der Waals surface area contributed by atoms with Gasteiger partial charge in [-0.05, 0) is 41.5 Å². The van der Waals surface area contributed by atoms with E-state index in [1.165, 1.54) is 18.2 Å². The number of carbonyl (C=O) groups excluding carboxylic acids is 2. The zero-order valence-corrected chi connectivity index (χ0v) is 13.0. The van der Waals surface area contributed by atoms with Crippen LogP contribution in [0.15, 0.2) is 61.2 Å². The molecule has 2 aromatic carbocycles. The molecule has 0 unspecified atom stereocenters. The third-order valence-electron chi connectivity index (χ3n) is 4.03. The van der Waals surface area contributed by atoms with E-state index in [-0.39, 0.29) is 23.7 Å². The first-order valence-electron chi connectivity index (χ1n) is 7.65. The summed E-state index contributed by atoms with van der Waals surface area (Å²) < 4.78 is 13.0. The standard InChI is InChI=1S/C19H17FN2O2/c1-2-18(23)22-11-17(12-22)21-19(24)15-5-3-13(4-6-15)14-7-9-16(20)10-8-14/h2-10,17H,1,11-12H2,(H,21,24). The molecule has 0 radical (unpaired) electrons. The van der Waals surface area contributed by atoms with Gasteiger partial charge >= 0.3 is 0 Å². The highest BCUT2D eigenvalue weighted by Gasteiger charge is 2.30. The van der Waals surface area contributed by atoms with Gasteiger partial charge in [-0.1, -0.05) is 30.8 Å². The first-order chi connectivity index (χ1) is 11.6. The molecule has 0 aliphatic carbocycles. The lowest BCUT2D eigenvalue weighted by molar-refractivity contribution is -0.130. The largest absolute Gasteiger partial charge is 0.346 e. The van der Waals surface area contributed by atoms with Crippen molar-refractivity contribution in [2.45, 2.75) is 6.04 Å². The van der Waals surface area contributed by atoms with Crippen molar-refractivity contribution >= 4 is 11.8 Å². The lowest BCUT2D eigenvalue weighted by Crippen LogP contribution is -2.60. The summed E-state index contributed by atoms with van der Waals surface area (Å²) in [7, 11) is 0. The second-order valence-corrected chi connectivity index (χ2v) is 5.70. The van der Waals surface area contributed by atoms with Crippen molar-refractivity contribution in [2.24, 2.45) is 0 Å². The van der Waals surface area contributed by atoms with Gasteiger partial charge in [0.05, 0.1) is 6.04 Å². The van der Waals surface area contributed by atoms with Crippen LogP contribution in [0.1, 0.15) is 10.4 Å². The fraction of sp³-hybridized carbons (Fsp3) is 0.158. The Morgan fingerprint density at radius 1 is 1.04 bits per heavy atom. The molecule has 2 aromatic rings. The number of carbonyl (C=O) groups is 2. The predicted molar refractivity (Wildman–Crippen MR) is 89.9 cm³/mol. The summed E-state index contributed by atoms with van der Waals surface area (Å²) >= 11 is 0. The minimum absolute atomic E-state index is 0.0295. The van der Waals surface area contributed by atoms with Crippen LogP contribution < -0.4 is 5.32 Å². The average Bonchev–Trinajstić information content (AvgIpc) is 2.57. The van der Waals surface area contributed by atoms with Crippen LogP contribution in [-0.4, -0.2) is 35.8 Å². The van der Waals surface area contributed by atoms with E-state index in [4.69, 9.17) is 0 Å². The van der Waals surface area contributed by atoms with Gasteiger partial charge in [-0.2, -0.15) is 0 Å². The summed E-state index contributed by atoms with van der Waals surface area (Å²) in [6.07, 6.45) is 1.27. The normalized spacial score (nSPS) is 14.0. The summed E-state index contributed by atoms with van der Waals surface area (Å²) in [6, 6.07) is 13.3. The maximum Gasteiger partial charge on any atom is 0.251 e. The SMILES string of the molecule is C=CC(=O)N1CC(NC(=O)c2ccc(-c3ccc(F)cc3)cc2)C1.